The summed E-state index contributed by atoms with van der Waals surface area (Å²) in [5, 5.41) is 24.8. The van der Waals surface area contributed by atoms with Crippen LogP contribution in [0, 0.1) is 11.7 Å². The Morgan fingerprint density at radius 1 is 1.02 bits per heavy atom. The van der Waals surface area contributed by atoms with Crippen molar-refractivity contribution < 1.29 is 38.5 Å². The minimum atomic E-state index is -0.971. The molecule has 0 bridgehead atoms. The molecule has 12 heteroatoms. The summed E-state index contributed by atoms with van der Waals surface area (Å²) < 4.78 is 26.0. The number of aromatic carboxylic acids is 1. The normalized spacial score (nSPS) is 19.7. The van der Waals surface area contributed by atoms with Gasteiger partial charge in [-0.05, 0) is 100 Å². The number of nitrogens with zero attached hydrogens (tertiary/aromatic N) is 2. The molecule has 3 aromatic rings. The van der Waals surface area contributed by atoms with Crippen molar-refractivity contribution >= 4 is 29.3 Å². The number of rotatable bonds is 9. The van der Waals surface area contributed by atoms with Crippen LogP contribution in [-0.4, -0.2) is 89.5 Å². The van der Waals surface area contributed by atoms with Gasteiger partial charge in [0.05, 0.1) is 36.0 Å². The summed E-state index contributed by atoms with van der Waals surface area (Å²) in [6.45, 7) is 7.44. The number of amides is 3. The maximum atomic E-state index is 14.3. The minimum absolute atomic E-state index is 0.135. The second kappa shape index (κ2) is 17.8. The van der Waals surface area contributed by atoms with Crippen LogP contribution < -0.4 is 15.4 Å². The van der Waals surface area contributed by atoms with Crippen LogP contribution in [0.1, 0.15) is 66.3 Å². The number of halogens is 1. The third-order valence-corrected chi connectivity index (χ3v) is 8.56. The summed E-state index contributed by atoms with van der Waals surface area (Å²) in [5.74, 6) is -1.51. The lowest BCUT2D eigenvalue weighted by atomic mass is 10.0. The lowest BCUT2D eigenvalue weighted by molar-refractivity contribution is -0.0177. The highest BCUT2D eigenvalue weighted by Crippen LogP contribution is 2.29. The average Bonchev–Trinajstić information content (AvgIpc) is 3.07. The molecule has 3 amide bonds. The molecule has 0 aliphatic carbocycles. The molecule has 4 atom stereocenters. The molecule has 0 spiro atoms. The highest BCUT2D eigenvalue weighted by molar-refractivity contribution is 6.02. The number of aliphatic hydroxyl groups is 1. The fourth-order valence-corrected chi connectivity index (χ4v) is 5.73. The van der Waals surface area contributed by atoms with Crippen LogP contribution in [-0.2, 0) is 11.3 Å². The van der Waals surface area contributed by atoms with Crippen LogP contribution in [0.5, 0.6) is 5.75 Å². The van der Waals surface area contributed by atoms with E-state index >= 15 is 0 Å². The third-order valence-electron chi connectivity index (χ3n) is 8.56. The van der Waals surface area contributed by atoms with Gasteiger partial charge in [0, 0.05) is 43.5 Å². The van der Waals surface area contributed by atoms with Crippen molar-refractivity contribution in [2.45, 2.75) is 64.8 Å². The number of carboxylic acids is 1. The number of likely N-dealkylation sites (N-methyl/N-ethyl adjacent to an activating group) is 1. The summed E-state index contributed by atoms with van der Waals surface area (Å²) in [6.07, 6.45) is 1.97. The lowest BCUT2D eigenvalue weighted by Crippen LogP contribution is -2.47. The average molecular weight is 679 g/mol. The number of nitrogens with one attached hydrogen (secondary N) is 2. The van der Waals surface area contributed by atoms with Crippen molar-refractivity contribution in [3.8, 4) is 5.75 Å². The second-order valence-corrected chi connectivity index (χ2v) is 12.8. The van der Waals surface area contributed by atoms with Gasteiger partial charge in [0.2, 0.25) is 0 Å². The number of carboxylic acid groups (broad SMARTS) is 1. The van der Waals surface area contributed by atoms with Crippen LogP contribution in [0.15, 0.2) is 66.7 Å². The van der Waals surface area contributed by atoms with Crippen LogP contribution >= 0.6 is 0 Å². The molecule has 0 radical (unpaired) electrons. The summed E-state index contributed by atoms with van der Waals surface area (Å²) >= 11 is 0. The Balaban J connectivity index is 1.56. The molecular weight excluding hydrogens is 631 g/mol. The standard InChI is InChI=1S/C37H47FN4O7/c1-24-20-42(25(2)23-43)35(44)32-19-31(40-37(47)39-30-14-12-29(38)13-15-30)16-17-33(32)49-26(3)7-5-6-18-48-34(24)22-41(4)21-27-8-10-28(11-9-27)36(45)46/h8-17,19,24-26,34,43H,5-7,18,20-23H2,1-4H3,(H,45,46)(H2,39,40,47)/t24-,25+,26-,34+/m0/s1. The molecule has 0 saturated heterocycles. The largest absolute Gasteiger partial charge is 0.490 e. The van der Waals surface area contributed by atoms with Gasteiger partial charge >= 0.3 is 12.0 Å². The van der Waals surface area contributed by atoms with Gasteiger partial charge < -0.3 is 35.2 Å². The van der Waals surface area contributed by atoms with Crippen molar-refractivity contribution in [1.82, 2.24) is 9.80 Å². The van der Waals surface area contributed by atoms with Gasteiger partial charge in [-0.2, -0.15) is 0 Å². The van der Waals surface area contributed by atoms with Gasteiger partial charge in [-0.25, -0.2) is 14.0 Å². The molecule has 1 aliphatic rings. The molecule has 4 N–H and O–H groups in total. The number of benzene rings is 3. The van der Waals surface area contributed by atoms with E-state index in [2.05, 4.69) is 15.5 Å². The molecule has 0 fully saturated rings. The Kier molecular flexibility index (Phi) is 13.5. The third kappa shape index (κ3) is 11.0. The topological polar surface area (TPSA) is 141 Å². The first-order valence-electron chi connectivity index (χ1n) is 16.6. The first kappa shape index (κ1) is 37.3. The molecule has 0 saturated carbocycles. The van der Waals surface area contributed by atoms with Gasteiger partial charge in [-0.15, -0.1) is 0 Å². The Bertz CT molecular complexity index is 1550. The molecule has 1 aliphatic heterocycles. The quantitative estimate of drug-likeness (QED) is 0.213. The summed E-state index contributed by atoms with van der Waals surface area (Å²) in [7, 11) is 1.97. The predicted molar refractivity (Wildman–Crippen MR) is 186 cm³/mol. The number of aliphatic hydroxyl groups excluding tert-OH is 1. The van der Waals surface area contributed by atoms with E-state index in [9.17, 15) is 29.0 Å². The van der Waals surface area contributed by atoms with Crippen LogP contribution in [0.4, 0.5) is 20.6 Å². The molecule has 0 aromatic heterocycles. The zero-order valence-electron chi connectivity index (χ0n) is 28.5. The maximum Gasteiger partial charge on any atom is 0.335 e. The van der Waals surface area contributed by atoms with E-state index in [0.29, 0.717) is 36.8 Å². The van der Waals surface area contributed by atoms with Crippen LogP contribution in [0.3, 0.4) is 0 Å². The number of hydrogen-bond acceptors (Lipinski definition) is 7. The second-order valence-electron chi connectivity index (χ2n) is 12.8. The zero-order chi connectivity index (χ0) is 35.5. The van der Waals surface area contributed by atoms with Crippen LogP contribution in [0.2, 0.25) is 0 Å². The van der Waals surface area contributed by atoms with Crippen molar-refractivity contribution in [3.63, 3.8) is 0 Å². The molecule has 11 nitrogen and oxygen atoms in total. The van der Waals surface area contributed by atoms with E-state index in [1.165, 1.54) is 24.3 Å². The fourth-order valence-electron chi connectivity index (χ4n) is 5.73. The number of carbonyl (C=O) groups is 3. The predicted octanol–water partition coefficient (Wildman–Crippen LogP) is 6.10. The monoisotopic (exact) mass is 678 g/mol. The first-order valence-corrected chi connectivity index (χ1v) is 16.6. The molecule has 264 valence electrons. The van der Waals surface area contributed by atoms with Gasteiger partial charge in [0.25, 0.3) is 5.91 Å². The Morgan fingerprint density at radius 2 is 1.69 bits per heavy atom. The first-order chi connectivity index (χ1) is 23.4. The zero-order valence-corrected chi connectivity index (χ0v) is 28.5. The van der Waals surface area contributed by atoms with E-state index in [0.717, 1.165) is 24.8 Å². The van der Waals surface area contributed by atoms with E-state index in [4.69, 9.17) is 9.47 Å². The molecule has 0 unspecified atom stereocenters. The number of hydrogen-bond donors (Lipinski definition) is 4. The highest BCUT2D eigenvalue weighted by Gasteiger charge is 2.30. The van der Waals surface area contributed by atoms with Gasteiger partial charge in [0.1, 0.15) is 11.6 Å². The number of urea groups is 1. The van der Waals surface area contributed by atoms with Crippen LogP contribution in [0.25, 0.3) is 0 Å². The number of anilines is 2. The van der Waals surface area contributed by atoms with E-state index in [1.807, 2.05) is 20.9 Å². The highest BCUT2D eigenvalue weighted by atomic mass is 19.1. The van der Waals surface area contributed by atoms with Gasteiger partial charge in [0.15, 0.2) is 0 Å². The van der Waals surface area contributed by atoms with Gasteiger partial charge in [-0.3, -0.25) is 9.69 Å². The number of ether oxygens (including phenoxy) is 2. The van der Waals surface area contributed by atoms with Crippen molar-refractivity contribution in [1.29, 1.82) is 0 Å². The number of fused-ring (bicyclic) bond motifs is 1. The molecule has 3 aromatic carbocycles. The van der Waals surface area contributed by atoms with E-state index in [1.54, 1.807) is 54.3 Å². The molecule has 4 rings (SSSR count). The Hall–Kier alpha value is -4.52. The van der Waals surface area contributed by atoms with Crippen molar-refractivity contribution in [2.24, 2.45) is 5.92 Å². The fraction of sp³-hybridized carbons (Fsp3) is 0.432. The van der Waals surface area contributed by atoms with Crippen molar-refractivity contribution in [2.75, 3.05) is 44.0 Å². The Morgan fingerprint density at radius 3 is 2.37 bits per heavy atom. The van der Waals surface area contributed by atoms with E-state index < -0.39 is 23.9 Å². The lowest BCUT2D eigenvalue weighted by Gasteiger charge is -2.36. The van der Waals surface area contributed by atoms with E-state index in [-0.39, 0.29) is 48.3 Å². The molecule has 1 heterocycles. The number of carbonyl (C=O) groups excluding carboxylic acids is 2. The molecular formula is C37H47FN4O7. The summed E-state index contributed by atoms with van der Waals surface area (Å²) in [6, 6.07) is 16.0. The summed E-state index contributed by atoms with van der Waals surface area (Å²) in [4.78, 5) is 42.1. The Labute approximate surface area is 287 Å². The van der Waals surface area contributed by atoms with Crippen molar-refractivity contribution in [3.05, 3.63) is 89.2 Å². The SMILES string of the molecule is C[C@H](CO)N1C[C@H](C)[C@@H](CN(C)Cc2ccc(C(=O)O)cc2)OCCCC[C@H](C)Oc2ccc(NC(=O)Nc3ccc(F)cc3)cc2C1=O. The smallest absolute Gasteiger partial charge is 0.335 e. The maximum absolute atomic E-state index is 14.3. The summed E-state index contributed by atoms with van der Waals surface area (Å²) in [5.41, 5.74) is 2.20. The minimum Gasteiger partial charge on any atom is -0.490 e. The van der Waals surface area contributed by atoms with Gasteiger partial charge in [-0.1, -0.05) is 19.1 Å². The molecule has 49 heavy (non-hydrogen) atoms.